The summed E-state index contributed by atoms with van der Waals surface area (Å²) in [6.07, 6.45) is 3.23. The summed E-state index contributed by atoms with van der Waals surface area (Å²) in [5.74, 6) is 0.0745. The molecule has 30 heavy (non-hydrogen) atoms. The first kappa shape index (κ1) is 20.8. The van der Waals surface area contributed by atoms with Gasteiger partial charge in [-0.2, -0.15) is 13.1 Å². The van der Waals surface area contributed by atoms with E-state index in [-0.39, 0.29) is 24.4 Å². The van der Waals surface area contributed by atoms with Gasteiger partial charge in [0.15, 0.2) is 0 Å². The Hall–Kier alpha value is -2.49. The van der Waals surface area contributed by atoms with Crippen molar-refractivity contribution in [3.8, 4) is 0 Å². The Kier molecular flexibility index (Phi) is 5.77. The lowest BCUT2D eigenvalue weighted by Crippen LogP contribution is -2.41. The van der Waals surface area contributed by atoms with E-state index in [1.165, 1.54) is 6.07 Å². The van der Waals surface area contributed by atoms with Crippen LogP contribution in [0.3, 0.4) is 0 Å². The molecule has 4 rings (SSSR count). The Bertz CT molecular complexity index is 1030. The molecule has 0 bridgehead atoms. The number of nitrogens with two attached hydrogens (primary N) is 1. The van der Waals surface area contributed by atoms with E-state index < -0.39 is 10.2 Å². The van der Waals surface area contributed by atoms with E-state index in [0.717, 1.165) is 36.8 Å². The van der Waals surface area contributed by atoms with Crippen LogP contribution in [0.1, 0.15) is 48.3 Å². The lowest BCUT2D eigenvalue weighted by molar-refractivity contribution is 0.212. The van der Waals surface area contributed by atoms with Gasteiger partial charge in [0.2, 0.25) is 0 Å². The highest BCUT2D eigenvalue weighted by Crippen LogP contribution is 2.33. The number of benzene rings is 2. The molecule has 1 fully saturated rings. The van der Waals surface area contributed by atoms with E-state index >= 15 is 0 Å². The van der Waals surface area contributed by atoms with Crippen LogP contribution in [0, 0.1) is 5.82 Å². The molecule has 1 aliphatic heterocycles. The number of anilines is 1. The summed E-state index contributed by atoms with van der Waals surface area (Å²) >= 11 is 0. The molecule has 1 heterocycles. The maximum atomic E-state index is 13.9. The number of hydrogen-bond acceptors (Lipinski definition) is 3. The molecular formula is C21H25FN4O3S. The average molecular weight is 433 g/mol. The van der Waals surface area contributed by atoms with Crippen LogP contribution in [-0.4, -0.2) is 25.4 Å². The van der Waals surface area contributed by atoms with E-state index in [0.29, 0.717) is 23.7 Å². The zero-order chi connectivity index (χ0) is 21.3. The molecule has 7 nitrogen and oxygen atoms in total. The number of fused-ring (bicyclic) bond motifs is 1. The predicted octanol–water partition coefficient (Wildman–Crippen LogP) is 3.19. The van der Waals surface area contributed by atoms with Gasteiger partial charge in [0.25, 0.3) is 10.2 Å². The standard InChI is InChI=1S/C21H25FN4O3S/c22-20-3-1-2-16-12-26(13-19(16)20)21(27)24-17-8-4-14(5-9-17)15-6-10-18(11-7-15)25-30(23,28)29/h1-5,8-9,15,18,25H,6-7,10-13H2,(H,24,27)(H2,23,28,29). The van der Waals surface area contributed by atoms with Crippen LogP contribution in [-0.2, 0) is 23.3 Å². The van der Waals surface area contributed by atoms with E-state index in [4.69, 9.17) is 5.14 Å². The monoisotopic (exact) mass is 432 g/mol. The number of urea groups is 1. The Morgan fingerprint density at radius 2 is 1.73 bits per heavy atom. The molecule has 160 valence electrons. The van der Waals surface area contributed by atoms with Gasteiger partial charge in [-0.3, -0.25) is 0 Å². The third-order valence-electron chi connectivity index (χ3n) is 5.90. The van der Waals surface area contributed by atoms with Crippen LogP contribution in [0.5, 0.6) is 0 Å². The number of hydrogen-bond donors (Lipinski definition) is 3. The quantitative estimate of drug-likeness (QED) is 0.691. The number of nitrogens with one attached hydrogen (secondary N) is 2. The molecule has 4 N–H and O–H groups in total. The highest BCUT2D eigenvalue weighted by Gasteiger charge is 2.26. The van der Waals surface area contributed by atoms with Crippen molar-refractivity contribution in [2.75, 3.05) is 5.32 Å². The fraction of sp³-hybridized carbons (Fsp3) is 0.381. The summed E-state index contributed by atoms with van der Waals surface area (Å²) in [5, 5.41) is 7.93. The van der Waals surface area contributed by atoms with Crippen molar-refractivity contribution in [2.45, 2.75) is 50.7 Å². The van der Waals surface area contributed by atoms with Crippen LogP contribution in [0.25, 0.3) is 0 Å². The smallest absolute Gasteiger partial charge is 0.316 e. The van der Waals surface area contributed by atoms with Crippen LogP contribution >= 0.6 is 0 Å². The number of carbonyl (C=O) groups excluding carboxylic acids is 1. The maximum Gasteiger partial charge on any atom is 0.322 e. The van der Waals surface area contributed by atoms with Crippen LogP contribution in [0.2, 0.25) is 0 Å². The number of rotatable bonds is 4. The number of halogens is 1. The van der Waals surface area contributed by atoms with Gasteiger partial charge in [0.05, 0.1) is 6.54 Å². The van der Waals surface area contributed by atoms with Gasteiger partial charge < -0.3 is 10.2 Å². The first-order valence-corrected chi connectivity index (χ1v) is 11.6. The summed E-state index contributed by atoms with van der Waals surface area (Å²) in [4.78, 5) is 14.1. The van der Waals surface area contributed by atoms with Crippen molar-refractivity contribution in [3.63, 3.8) is 0 Å². The Labute approximate surface area is 175 Å². The highest BCUT2D eigenvalue weighted by molar-refractivity contribution is 7.87. The molecule has 1 aliphatic carbocycles. The van der Waals surface area contributed by atoms with E-state index in [9.17, 15) is 17.6 Å². The second-order valence-electron chi connectivity index (χ2n) is 8.00. The normalized spacial score (nSPS) is 21.3. The van der Waals surface area contributed by atoms with Gasteiger partial charge in [-0.25, -0.2) is 14.3 Å². The van der Waals surface area contributed by atoms with Crippen molar-refractivity contribution in [1.82, 2.24) is 9.62 Å². The molecule has 0 spiro atoms. The molecule has 0 aromatic heterocycles. The number of carbonyl (C=O) groups is 1. The van der Waals surface area contributed by atoms with Gasteiger partial charge >= 0.3 is 6.03 Å². The third kappa shape index (κ3) is 4.80. The maximum absolute atomic E-state index is 13.9. The predicted molar refractivity (Wildman–Crippen MR) is 112 cm³/mol. The van der Waals surface area contributed by atoms with Crippen molar-refractivity contribution in [3.05, 3.63) is 65.0 Å². The van der Waals surface area contributed by atoms with Crippen LogP contribution in [0.15, 0.2) is 42.5 Å². The first-order valence-electron chi connectivity index (χ1n) is 10.0. The molecule has 0 atom stereocenters. The molecule has 1 saturated carbocycles. The topological polar surface area (TPSA) is 105 Å². The molecule has 2 aromatic carbocycles. The van der Waals surface area contributed by atoms with Crippen molar-refractivity contribution < 1.29 is 17.6 Å². The molecule has 0 saturated heterocycles. The molecular weight excluding hydrogens is 407 g/mol. The highest BCUT2D eigenvalue weighted by atomic mass is 32.2. The third-order valence-corrected chi connectivity index (χ3v) is 6.57. The lowest BCUT2D eigenvalue weighted by Gasteiger charge is -2.28. The van der Waals surface area contributed by atoms with Crippen molar-refractivity contribution in [2.24, 2.45) is 5.14 Å². The second-order valence-corrected chi connectivity index (χ2v) is 9.32. The Balaban J connectivity index is 1.31. The molecule has 9 heteroatoms. The second kappa shape index (κ2) is 8.33. The zero-order valence-electron chi connectivity index (χ0n) is 16.5. The first-order chi connectivity index (χ1) is 14.3. The molecule has 2 aromatic rings. The minimum Gasteiger partial charge on any atom is -0.316 e. The minimum atomic E-state index is -3.67. The SMILES string of the molecule is NS(=O)(=O)NC1CCC(c2ccc(NC(=O)N3Cc4cccc(F)c4C3)cc2)CC1. The van der Waals surface area contributed by atoms with Gasteiger partial charge in [-0.05, 0) is 60.9 Å². The molecule has 0 unspecified atom stereocenters. The summed E-state index contributed by atoms with van der Waals surface area (Å²) in [6, 6.07) is 12.3. The zero-order valence-corrected chi connectivity index (χ0v) is 17.3. The van der Waals surface area contributed by atoms with E-state index in [1.807, 2.05) is 30.3 Å². The lowest BCUT2D eigenvalue weighted by atomic mass is 9.82. The Morgan fingerprint density at radius 1 is 1.03 bits per heavy atom. The fourth-order valence-electron chi connectivity index (χ4n) is 4.34. The van der Waals surface area contributed by atoms with Gasteiger partial charge in [0, 0.05) is 23.8 Å². The van der Waals surface area contributed by atoms with Crippen molar-refractivity contribution >= 4 is 21.9 Å². The number of nitrogens with zero attached hydrogens (tertiary/aromatic N) is 1. The molecule has 2 amide bonds. The summed E-state index contributed by atoms with van der Waals surface area (Å²) < 4.78 is 38.7. The average Bonchev–Trinajstić information content (AvgIpc) is 3.14. The van der Waals surface area contributed by atoms with Gasteiger partial charge in [-0.1, -0.05) is 24.3 Å². The molecule has 2 aliphatic rings. The van der Waals surface area contributed by atoms with Crippen LogP contribution in [0.4, 0.5) is 14.9 Å². The number of amides is 2. The summed E-state index contributed by atoms with van der Waals surface area (Å²) in [6.45, 7) is 0.661. The summed E-state index contributed by atoms with van der Waals surface area (Å²) in [7, 11) is -3.67. The Morgan fingerprint density at radius 3 is 2.37 bits per heavy atom. The summed E-state index contributed by atoms with van der Waals surface area (Å²) in [5.41, 5.74) is 3.27. The fourth-order valence-corrected chi connectivity index (χ4v) is 5.04. The van der Waals surface area contributed by atoms with E-state index in [1.54, 1.807) is 11.0 Å². The van der Waals surface area contributed by atoms with Gasteiger partial charge in [0.1, 0.15) is 5.82 Å². The molecule has 0 radical (unpaired) electrons. The van der Waals surface area contributed by atoms with E-state index in [2.05, 4.69) is 10.0 Å². The largest absolute Gasteiger partial charge is 0.322 e. The van der Waals surface area contributed by atoms with Gasteiger partial charge in [-0.15, -0.1) is 0 Å². The minimum absolute atomic E-state index is 0.107. The van der Waals surface area contributed by atoms with Crippen molar-refractivity contribution in [1.29, 1.82) is 0 Å². The van der Waals surface area contributed by atoms with Crippen LogP contribution < -0.4 is 15.2 Å².